The lowest BCUT2D eigenvalue weighted by Gasteiger charge is -2.38. The molecular formula is C16H26N2O. The van der Waals surface area contributed by atoms with Crippen molar-refractivity contribution >= 4 is 5.69 Å². The number of aliphatic hydroxyl groups is 1. The highest BCUT2D eigenvalue weighted by atomic mass is 16.3. The topological polar surface area (TPSA) is 26.7 Å². The lowest BCUT2D eigenvalue weighted by molar-refractivity contribution is 0.166. The third-order valence-electron chi connectivity index (χ3n) is 4.33. The highest BCUT2D eigenvalue weighted by Crippen LogP contribution is 2.24. The highest BCUT2D eigenvalue weighted by Gasteiger charge is 2.23. The zero-order chi connectivity index (χ0) is 13.8. The van der Waals surface area contributed by atoms with Gasteiger partial charge in [0.1, 0.15) is 0 Å². The van der Waals surface area contributed by atoms with Crippen LogP contribution >= 0.6 is 0 Å². The van der Waals surface area contributed by atoms with E-state index in [1.807, 2.05) is 0 Å². The second-order valence-electron chi connectivity index (χ2n) is 5.71. The number of likely N-dealkylation sites (N-methyl/N-ethyl adjacent to an activating group) is 1. The fraction of sp³-hybridized carbons (Fsp3) is 0.625. The van der Waals surface area contributed by atoms with Gasteiger partial charge in [0.05, 0.1) is 6.61 Å². The number of nitrogens with zero attached hydrogens (tertiary/aromatic N) is 2. The van der Waals surface area contributed by atoms with E-state index in [0.29, 0.717) is 6.04 Å². The van der Waals surface area contributed by atoms with Gasteiger partial charge >= 0.3 is 0 Å². The van der Waals surface area contributed by atoms with Crippen molar-refractivity contribution in [2.45, 2.75) is 32.7 Å². The zero-order valence-corrected chi connectivity index (χ0v) is 12.4. The number of piperidine rings is 1. The molecule has 0 aromatic heterocycles. The molecule has 1 aromatic carbocycles. The number of rotatable bonds is 4. The van der Waals surface area contributed by atoms with Gasteiger partial charge in [0.25, 0.3) is 0 Å². The quantitative estimate of drug-likeness (QED) is 0.901. The summed E-state index contributed by atoms with van der Waals surface area (Å²) in [4.78, 5) is 4.77. The largest absolute Gasteiger partial charge is 0.395 e. The van der Waals surface area contributed by atoms with Crippen LogP contribution in [0.1, 0.15) is 24.0 Å². The Balaban J connectivity index is 2.06. The molecule has 1 aromatic rings. The van der Waals surface area contributed by atoms with Crippen molar-refractivity contribution in [3.8, 4) is 0 Å². The molecule has 0 saturated carbocycles. The summed E-state index contributed by atoms with van der Waals surface area (Å²) in [6, 6.07) is 7.30. The van der Waals surface area contributed by atoms with Crippen LogP contribution < -0.4 is 4.90 Å². The summed E-state index contributed by atoms with van der Waals surface area (Å²) in [6.07, 6.45) is 2.46. The molecular weight excluding hydrogens is 236 g/mol. The average molecular weight is 262 g/mol. The molecule has 1 unspecified atom stereocenters. The Bertz CT molecular complexity index is 419. The normalized spacial score (nSPS) is 20.1. The van der Waals surface area contributed by atoms with Gasteiger partial charge in [0.2, 0.25) is 0 Å². The molecule has 0 spiro atoms. The monoisotopic (exact) mass is 262 g/mol. The number of benzene rings is 1. The third kappa shape index (κ3) is 3.48. The Labute approximate surface area is 116 Å². The zero-order valence-electron chi connectivity index (χ0n) is 12.4. The summed E-state index contributed by atoms with van der Waals surface area (Å²) in [5, 5.41) is 9.06. The van der Waals surface area contributed by atoms with E-state index in [9.17, 15) is 0 Å². The number of hydrogen-bond donors (Lipinski definition) is 1. The van der Waals surface area contributed by atoms with Gasteiger partial charge in [0, 0.05) is 31.4 Å². The summed E-state index contributed by atoms with van der Waals surface area (Å²) in [7, 11) is 2.12. The van der Waals surface area contributed by atoms with Gasteiger partial charge in [-0.1, -0.05) is 6.07 Å². The van der Waals surface area contributed by atoms with Crippen LogP contribution in [0.3, 0.4) is 0 Å². The van der Waals surface area contributed by atoms with E-state index < -0.39 is 0 Å². The minimum Gasteiger partial charge on any atom is -0.395 e. The van der Waals surface area contributed by atoms with Crippen molar-refractivity contribution in [3.05, 3.63) is 29.3 Å². The fourth-order valence-electron chi connectivity index (χ4n) is 2.81. The van der Waals surface area contributed by atoms with E-state index >= 15 is 0 Å². The lowest BCUT2D eigenvalue weighted by Crippen LogP contribution is -2.47. The Morgan fingerprint density at radius 1 is 1.32 bits per heavy atom. The van der Waals surface area contributed by atoms with Crippen molar-refractivity contribution in [1.82, 2.24) is 4.90 Å². The van der Waals surface area contributed by atoms with Crippen LogP contribution in [0.2, 0.25) is 0 Å². The Kier molecular flexibility index (Phi) is 4.83. The molecule has 19 heavy (non-hydrogen) atoms. The summed E-state index contributed by atoms with van der Waals surface area (Å²) in [5.74, 6) is 0. The third-order valence-corrected chi connectivity index (χ3v) is 4.33. The first-order valence-corrected chi connectivity index (χ1v) is 7.25. The van der Waals surface area contributed by atoms with E-state index in [1.54, 1.807) is 0 Å². The second kappa shape index (κ2) is 6.40. The molecule has 2 rings (SSSR count). The molecule has 0 amide bonds. The summed E-state index contributed by atoms with van der Waals surface area (Å²) in [5.41, 5.74) is 4.06. The van der Waals surface area contributed by atoms with Crippen LogP contribution in [0, 0.1) is 13.8 Å². The van der Waals surface area contributed by atoms with E-state index in [0.717, 1.165) is 19.6 Å². The van der Waals surface area contributed by atoms with E-state index in [2.05, 4.69) is 48.9 Å². The maximum atomic E-state index is 9.06. The van der Waals surface area contributed by atoms with Crippen LogP contribution in [-0.2, 0) is 0 Å². The number of aliphatic hydroxyl groups excluding tert-OH is 1. The number of anilines is 1. The SMILES string of the molecule is Cc1ccc(N2CCCC(N(C)CCO)C2)cc1C. The van der Waals surface area contributed by atoms with Gasteiger partial charge in [0.15, 0.2) is 0 Å². The van der Waals surface area contributed by atoms with Gasteiger partial charge in [-0.05, 0) is 57.0 Å². The summed E-state index contributed by atoms with van der Waals surface area (Å²) >= 11 is 0. The molecule has 0 radical (unpaired) electrons. The standard InChI is InChI=1S/C16H26N2O/c1-13-6-7-15(11-14(13)2)18-8-4-5-16(12-18)17(3)9-10-19/h6-7,11,16,19H,4-5,8-10,12H2,1-3H3. The molecule has 1 aliphatic rings. The first-order valence-electron chi connectivity index (χ1n) is 7.25. The van der Waals surface area contributed by atoms with Crippen LogP contribution in [0.15, 0.2) is 18.2 Å². The minimum atomic E-state index is 0.247. The number of hydrogen-bond acceptors (Lipinski definition) is 3. The van der Waals surface area contributed by atoms with Crippen LogP contribution in [-0.4, -0.2) is 49.3 Å². The maximum absolute atomic E-state index is 9.06. The van der Waals surface area contributed by atoms with Crippen molar-refractivity contribution in [2.24, 2.45) is 0 Å². The molecule has 1 heterocycles. The molecule has 1 saturated heterocycles. The molecule has 0 bridgehead atoms. The van der Waals surface area contributed by atoms with E-state index in [4.69, 9.17) is 5.11 Å². The molecule has 106 valence electrons. The second-order valence-corrected chi connectivity index (χ2v) is 5.71. The smallest absolute Gasteiger partial charge is 0.0558 e. The first-order chi connectivity index (χ1) is 9.11. The van der Waals surface area contributed by atoms with E-state index in [1.165, 1.54) is 29.7 Å². The van der Waals surface area contributed by atoms with Crippen LogP contribution in [0.4, 0.5) is 5.69 Å². The van der Waals surface area contributed by atoms with Crippen molar-refractivity contribution in [1.29, 1.82) is 0 Å². The summed E-state index contributed by atoms with van der Waals surface area (Å²) in [6.45, 7) is 7.57. The average Bonchev–Trinajstić information content (AvgIpc) is 2.42. The maximum Gasteiger partial charge on any atom is 0.0558 e. The fourth-order valence-corrected chi connectivity index (χ4v) is 2.81. The molecule has 1 atom stereocenters. The molecule has 1 N–H and O–H groups in total. The van der Waals surface area contributed by atoms with Crippen LogP contribution in [0.5, 0.6) is 0 Å². The van der Waals surface area contributed by atoms with Gasteiger partial charge in [-0.2, -0.15) is 0 Å². The molecule has 3 heteroatoms. The molecule has 1 fully saturated rings. The predicted octanol–water partition coefficient (Wildman–Crippen LogP) is 2.20. The van der Waals surface area contributed by atoms with Crippen LogP contribution in [0.25, 0.3) is 0 Å². The van der Waals surface area contributed by atoms with E-state index in [-0.39, 0.29) is 6.61 Å². The first kappa shape index (κ1) is 14.4. The minimum absolute atomic E-state index is 0.247. The van der Waals surface area contributed by atoms with Crippen molar-refractivity contribution in [3.63, 3.8) is 0 Å². The molecule has 0 aliphatic carbocycles. The van der Waals surface area contributed by atoms with Crippen molar-refractivity contribution < 1.29 is 5.11 Å². The summed E-state index contributed by atoms with van der Waals surface area (Å²) < 4.78 is 0. The van der Waals surface area contributed by atoms with Gasteiger partial charge in [-0.15, -0.1) is 0 Å². The highest BCUT2D eigenvalue weighted by molar-refractivity contribution is 5.51. The van der Waals surface area contributed by atoms with Gasteiger partial charge in [-0.25, -0.2) is 0 Å². The number of aryl methyl sites for hydroxylation is 2. The van der Waals surface area contributed by atoms with Crippen molar-refractivity contribution in [2.75, 3.05) is 38.2 Å². The molecule has 1 aliphatic heterocycles. The lowest BCUT2D eigenvalue weighted by atomic mass is 10.0. The predicted molar refractivity (Wildman–Crippen MR) is 80.9 cm³/mol. The Morgan fingerprint density at radius 3 is 2.79 bits per heavy atom. The molecule has 3 nitrogen and oxygen atoms in total. The Hall–Kier alpha value is -1.06. The van der Waals surface area contributed by atoms with Gasteiger partial charge in [-0.3, -0.25) is 4.90 Å². The Morgan fingerprint density at radius 2 is 2.11 bits per heavy atom. The van der Waals surface area contributed by atoms with Gasteiger partial charge < -0.3 is 10.0 Å².